The third-order valence-electron chi connectivity index (χ3n) is 2.78. The summed E-state index contributed by atoms with van der Waals surface area (Å²) in [5, 5.41) is 10.6. The quantitative estimate of drug-likeness (QED) is 0.463. The number of aryl methyl sites for hydroxylation is 1. The maximum Gasteiger partial charge on any atom is 0.191 e. The van der Waals surface area contributed by atoms with Crippen molar-refractivity contribution in [3.8, 4) is 0 Å². The predicted octanol–water partition coefficient (Wildman–Crippen LogP) is 0.898. The van der Waals surface area contributed by atoms with Crippen molar-refractivity contribution in [2.75, 3.05) is 13.1 Å². The van der Waals surface area contributed by atoms with E-state index in [1.165, 1.54) is 12.8 Å². The Bertz CT molecular complexity index is 385. The molecule has 0 spiro atoms. The number of nitrogens with zero attached hydrogens (tertiary/aromatic N) is 4. The monoisotopic (exact) mass is 364 g/mol. The molecule has 1 fully saturated rings. The molecule has 0 aromatic carbocycles. The Kier molecular flexibility index (Phi) is 6.37. The van der Waals surface area contributed by atoms with Crippen molar-refractivity contribution in [2.45, 2.75) is 26.3 Å². The van der Waals surface area contributed by atoms with Gasteiger partial charge in [-0.15, -0.1) is 24.0 Å². The standard InChI is InChI=1S/C11H20N6.HI/c1-3-12-11(13-6-9-4-5-9)14-7-10-15-8-16-17(10)2;/h8-9H,3-7H2,1-2H3,(H2,12,13,14);1H. The van der Waals surface area contributed by atoms with Crippen molar-refractivity contribution < 1.29 is 0 Å². The molecular formula is C11H21IN6. The Hall–Kier alpha value is -0.860. The highest BCUT2D eigenvalue weighted by molar-refractivity contribution is 14.0. The van der Waals surface area contributed by atoms with E-state index >= 15 is 0 Å². The number of hydrogen-bond donors (Lipinski definition) is 2. The largest absolute Gasteiger partial charge is 0.357 e. The zero-order valence-corrected chi connectivity index (χ0v) is 13.2. The molecule has 0 radical (unpaired) electrons. The molecule has 0 aliphatic heterocycles. The van der Waals surface area contributed by atoms with Gasteiger partial charge in [-0.05, 0) is 25.7 Å². The summed E-state index contributed by atoms with van der Waals surface area (Å²) in [6.45, 7) is 4.51. The molecule has 18 heavy (non-hydrogen) atoms. The fourth-order valence-electron chi connectivity index (χ4n) is 1.52. The number of nitrogens with one attached hydrogen (secondary N) is 2. The van der Waals surface area contributed by atoms with E-state index in [9.17, 15) is 0 Å². The number of halogens is 1. The van der Waals surface area contributed by atoms with E-state index in [-0.39, 0.29) is 24.0 Å². The van der Waals surface area contributed by atoms with Crippen molar-refractivity contribution in [2.24, 2.45) is 18.0 Å². The van der Waals surface area contributed by atoms with E-state index in [4.69, 9.17) is 0 Å². The van der Waals surface area contributed by atoms with Crippen LogP contribution in [0.5, 0.6) is 0 Å². The highest BCUT2D eigenvalue weighted by Crippen LogP contribution is 2.27. The second-order valence-electron chi connectivity index (χ2n) is 4.32. The van der Waals surface area contributed by atoms with Gasteiger partial charge in [0.2, 0.25) is 0 Å². The summed E-state index contributed by atoms with van der Waals surface area (Å²) in [5.74, 6) is 2.57. The molecule has 6 nitrogen and oxygen atoms in total. The normalized spacial score (nSPS) is 15.1. The van der Waals surface area contributed by atoms with Gasteiger partial charge in [0, 0.05) is 20.1 Å². The molecule has 1 aromatic rings. The highest BCUT2D eigenvalue weighted by atomic mass is 127. The van der Waals surface area contributed by atoms with Gasteiger partial charge in [-0.2, -0.15) is 5.10 Å². The molecule has 0 unspecified atom stereocenters. The summed E-state index contributed by atoms with van der Waals surface area (Å²) in [6.07, 6.45) is 4.24. The Balaban J connectivity index is 0.00000162. The van der Waals surface area contributed by atoms with Crippen LogP contribution in [0.15, 0.2) is 11.3 Å². The lowest BCUT2D eigenvalue weighted by molar-refractivity contribution is 0.693. The number of aromatic nitrogens is 3. The zero-order chi connectivity index (χ0) is 12.1. The average Bonchev–Trinajstić information content (AvgIpc) is 3.06. The van der Waals surface area contributed by atoms with Gasteiger partial charge in [0.1, 0.15) is 18.7 Å². The maximum atomic E-state index is 4.49. The minimum absolute atomic E-state index is 0. The number of hydrogen-bond acceptors (Lipinski definition) is 3. The Morgan fingerprint density at radius 3 is 2.83 bits per heavy atom. The van der Waals surface area contributed by atoms with Crippen molar-refractivity contribution in [3.05, 3.63) is 12.2 Å². The van der Waals surface area contributed by atoms with E-state index in [2.05, 4.69) is 32.6 Å². The summed E-state index contributed by atoms with van der Waals surface area (Å²) >= 11 is 0. The summed E-state index contributed by atoms with van der Waals surface area (Å²) in [5.41, 5.74) is 0. The smallest absolute Gasteiger partial charge is 0.191 e. The fraction of sp³-hybridized carbons (Fsp3) is 0.727. The first kappa shape index (κ1) is 15.2. The van der Waals surface area contributed by atoms with Crippen LogP contribution in [0, 0.1) is 5.92 Å². The van der Waals surface area contributed by atoms with E-state index in [1.54, 1.807) is 11.0 Å². The van der Waals surface area contributed by atoms with Crippen LogP contribution >= 0.6 is 24.0 Å². The van der Waals surface area contributed by atoms with Gasteiger partial charge in [-0.3, -0.25) is 4.68 Å². The van der Waals surface area contributed by atoms with Crippen LogP contribution in [0.2, 0.25) is 0 Å². The third-order valence-corrected chi connectivity index (χ3v) is 2.78. The van der Waals surface area contributed by atoms with Crippen LogP contribution in [0.3, 0.4) is 0 Å². The van der Waals surface area contributed by atoms with Crippen molar-refractivity contribution in [1.29, 1.82) is 0 Å². The molecule has 1 heterocycles. The van der Waals surface area contributed by atoms with Crippen molar-refractivity contribution in [1.82, 2.24) is 25.4 Å². The lowest BCUT2D eigenvalue weighted by atomic mass is 10.4. The topological polar surface area (TPSA) is 67.1 Å². The van der Waals surface area contributed by atoms with Crippen molar-refractivity contribution >= 4 is 29.9 Å². The average molecular weight is 364 g/mol. The fourth-order valence-corrected chi connectivity index (χ4v) is 1.52. The minimum Gasteiger partial charge on any atom is -0.357 e. The molecule has 0 atom stereocenters. The first-order valence-electron chi connectivity index (χ1n) is 6.14. The molecule has 0 saturated heterocycles. The minimum atomic E-state index is 0. The van der Waals surface area contributed by atoms with E-state index < -0.39 is 0 Å². The van der Waals surface area contributed by atoms with Crippen LogP contribution in [-0.4, -0.2) is 33.8 Å². The first-order valence-corrected chi connectivity index (χ1v) is 6.14. The van der Waals surface area contributed by atoms with Gasteiger partial charge < -0.3 is 10.6 Å². The number of aliphatic imine (C=N–C) groups is 1. The van der Waals surface area contributed by atoms with Crippen molar-refractivity contribution in [3.63, 3.8) is 0 Å². The molecule has 1 saturated carbocycles. The Morgan fingerprint density at radius 1 is 1.50 bits per heavy atom. The molecule has 2 N–H and O–H groups in total. The van der Waals surface area contributed by atoms with Crippen LogP contribution in [0.25, 0.3) is 0 Å². The second kappa shape index (κ2) is 7.55. The predicted molar refractivity (Wildman–Crippen MR) is 82.0 cm³/mol. The van der Waals surface area contributed by atoms with E-state index in [0.29, 0.717) is 6.54 Å². The maximum absolute atomic E-state index is 4.49. The molecule has 1 aliphatic carbocycles. The molecule has 102 valence electrons. The molecule has 0 bridgehead atoms. The van der Waals surface area contributed by atoms with Gasteiger partial charge in [0.15, 0.2) is 5.96 Å². The molecule has 0 amide bonds. The zero-order valence-electron chi connectivity index (χ0n) is 10.9. The molecule has 7 heteroatoms. The van der Waals surface area contributed by atoms with Crippen LogP contribution in [0.4, 0.5) is 0 Å². The van der Waals surface area contributed by atoms with Crippen LogP contribution in [0.1, 0.15) is 25.6 Å². The SMILES string of the molecule is CCNC(=NCc1ncnn1C)NCC1CC1.I. The Labute approximate surface area is 125 Å². The highest BCUT2D eigenvalue weighted by Gasteiger charge is 2.21. The first-order chi connectivity index (χ1) is 8.29. The lowest BCUT2D eigenvalue weighted by Gasteiger charge is -2.10. The second-order valence-corrected chi connectivity index (χ2v) is 4.32. The van der Waals surface area contributed by atoms with Gasteiger partial charge in [0.25, 0.3) is 0 Å². The molecule has 1 aliphatic rings. The van der Waals surface area contributed by atoms with E-state index in [0.717, 1.165) is 30.8 Å². The van der Waals surface area contributed by atoms with Gasteiger partial charge >= 0.3 is 0 Å². The summed E-state index contributed by atoms with van der Waals surface area (Å²) < 4.78 is 1.74. The third kappa shape index (κ3) is 4.79. The van der Waals surface area contributed by atoms with Crippen LogP contribution in [-0.2, 0) is 13.6 Å². The van der Waals surface area contributed by atoms with Gasteiger partial charge in [-0.1, -0.05) is 0 Å². The number of rotatable bonds is 5. The lowest BCUT2D eigenvalue weighted by Crippen LogP contribution is -2.38. The molecular weight excluding hydrogens is 343 g/mol. The van der Waals surface area contributed by atoms with Crippen LogP contribution < -0.4 is 10.6 Å². The number of guanidine groups is 1. The molecule has 2 rings (SSSR count). The van der Waals surface area contributed by atoms with Gasteiger partial charge in [0.05, 0.1) is 0 Å². The van der Waals surface area contributed by atoms with Gasteiger partial charge in [-0.25, -0.2) is 9.98 Å². The molecule has 1 aromatic heterocycles. The summed E-state index contributed by atoms with van der Waals surface area (Å²) in [6, 6.07) is 0. The Morgan fingerprint density at radius 2 is 2.28 bits per heavy atom. The van der Waals surface area contributed by atoms with E-state index in [1.807, 2.05) is 7.05 Å². The summed E-state index contributed by atoms with van der Waals surface area (Å²) in [4.78, 5) is 8.63. The summed E-state index contributed by atoms with van der Waals surface area (Å²) in [7, 11) is 1.88.